The van der Waals surface area contributed by atoms with Crippen LogP contribution in [0.5, 0.6) is 0 Å². The molecule has 0 aliphatic rings. The molecule has 0 bridgehead atoms. The number of hydrogen-bond acceptors (Lipinski definition) is 8. The van der Waals surface area contributed by atoms with Gasteiger partial charge >= 0.3 is 11.9 Å². The highest BCUT2D eigenvalue weighted by molar-refractivity contribution is 7.45. The fraction of sp³-hybridized carbons (Fsp3) is 0.759. The third kappa shape index (κ3) is 52.8. The molecule has 0 aromatic carbocycles. The maximum atomic E-state index is 12.8. The second-order valence-corrected chi connectivity index (χ2v) is 21.0. The lowest BCUT2D eigenvalue weighted by atomic mass is 10.0. The number of nitrogens with zero attached hydrogens (tertiary/aromatic N) is 1. The molecule has 0 aromatic rings. The van der Waals surface area contributed by atoms with Crippen LogP contribution in [0.15, 0.2) is 72.9 Å². The second-order valence-electron chi connectivity index (χ2n) is 19.6. The predicted octanol–water partition coefficient (Wildman–Crippen LogP) is 16.3. The SMILES string of the molecule is CC/C=C\C/C=C\C/C=C\C/C=C\CCCCCCCCCCC(=O)OC(COC(=O)CCCCCCCCCCCCC/C=C\C/C=C\CCCCCCC)COP(=O)([O-])OCC[N+](C)(C)C. The van der Waals surface area contributed by atoms with E-state index in [9.17, 15) is 19.0 Å². The van der Waals surface area contributed by atoms with E-state index in [1.165, 1.54) is 122 Å². The van der Waals surface area contributed by atoms with Gasteiger partial charge in [0.2, 0.25) is 0 Å². The molecule has 9 nitrogen and oxygen atoms in total. The number of phosphoric acid groups is 1. The number of likely N-dealkylation sites (N-methyl/N-ethyl adjacent to an activating group) is 1. The quantitative estimate of drug-likeness (QED) is 0.0195. The van der Waals surface area contributed by atoms with Gasteiger partial charge in [-0.3, -0.25) is 14.2 Å². The number of allylic oxidation sites excluding steroid dienone is 12. The summed E-state index contributed by atoms with van der Waals surface area (Å²) < 4.78 is 34.1. The van der Waals surface area contributed by atoms with E-state index in [1.807, 2.05) is 21.1 Å². The van der Waals surface area contributed by atoms with E-state index in [4.69, 9.17) is 18.5 Å². The van der Waals surface area contributed by atoms with E-state index in [-0.39, 0.29) is 32.0 Å². The normalized spacial score (nSPS) is 13.9. The number of carbonyl (C=O) groups is 2. The van der Waals surface area contributed by atoms with E-state index in [0.29, 0.717) is 17.4 Å². The molecule has 2 unspecified atom stereocenters. The molecule has 394 valence electrons. The van der Waals surface area contributed by atoms with Crippen molar-refractivity contribution in [2.24, 2.45) is 0 Å². The van der Waals surface area contributed by atoms with Crippen LogP contribution < -0.4 is 4.89 Å². The van der Waals surface area contributed by atoms with Crippen LogP contribution in [-0.2, 0) is 32.7 Å². The Labute approximate surface area is 418 Å². The van der Waals surface area contributed by atoms with Crippen LogP contribution in [0.2, 0.25) is 0 Å². The topological polar surface area (TPSA) is 111 Å². The summed E-state index contributed by atoms with van der Waals surface area (Å²) in [6.45, 7) is 4.11. The van der Waals surface area contributed by atoms with Crippen LogP contribution >= 0.6 is 7.82 Å². The highest BCUT2D eigenvalue weighted by atomic mass is 31.2. The number of hydrogen-bond donors (Lipinski definition) is 0. The van der Waals surface area contributed by atoms with Crippen LogP contribution in [0.1, 0.15) is 232 Å². The number of phosphoric ester groups is 1. The average molecular weight is 974 g/mol. The average Bonchev–Trinajstić information content (AvgIpc) is 3.30. The molecule has 0 heterocycles. The van der Waals surface area contributed by atoms with E-state index < -0.39 is 26.5 Å². The van der Waals surface area contributed by atoms with Gasteiger partial charge in [-0.25, -0.2) is 0 Å². The number of quaternary nitrogens is 1. The minimum Gasteiger partial charge on any atom is -0.756 e. The van der Waals surface area contributed by atoms with Gasteiger partial charge in [0, 0.05) is 12.8 Å². The third-order valence-electron chi connectivity index (χ3n) is 11.7. The first-order valence-electron chi connectivity index (χ1n) is 27.6. The van der Waals surface area contributed by atoms with Crippen molar-refractivity contribution in [1.29, 1.82) is 0 Å². The number of ether oxygens (including phenoxy) is 2. The number of carbonyl (C=O) groups excluding carboxylic acids is 2. The van der Waals surface area contributed by atoms with Gasteiger partial charge in [-0.1, -0.05) is 209 Å². The molecule has 0 aromatic heterocycles. The summed E-state index contributed by atoms with van der Waals surface area (Å²) in [6.07, 6.45) is 63.6. The number of unbranched alkanes of at least 4 members (excludes halogenated alkanes) is 24. The monoisotopic (exact) mass is 974 g/mol. The largest absolute Gasteiger partial charge is 0.756 e. The highest BCUT2D eigenvalue weighted by Gasteiger charge is 2.21. The van der Waals surface area contributed by atoms with E-state index in [2.05, 4.69) is 86.8 Å². The minimum atomic E-state index is -4.64. The molecular weight excluding hydrogens is 870 g/mol. The van der Waals surface area contributed by atoms with Crippen molar-refractivity contribution in [3.63, 3.8) is 0 Å². The van der Waals surface area contributed by atoms with Crippen LogP contribution in [-0.4, -0.2) is 70.0 Å². The molecule has 10 heteroatoms. The van der Waals surface area contributed by atoms with Gasteiger partial charge < -0.3 is 27.9 Å². The Bertz CT molecular complexity index is 1380. The molecular formula is C58H104NO8P. The molecule has 0 radical (unpaired) electrons. The zero-order valence-electron chi connectivity index (χ0n) is 44.5. The van der Waals surface area contributed by atoms with Crippen LogP contribution in [0.3, 0.4) is 0 Å². The molecule has 0 N–H and O–H groups in total. The number of rotatable bonds is 50. The lowest BCUT2D eigenvalue weighted by molar-refractivity contribution is -0.870. The summed E-state index contributed by atoms with van der Waals surface area (Å²) in [5.74, 6) is -0.844. The molecule has 0 aliphatic carbocycles. The summed E-state index contributed by atoms with van der Waals surface area (Å²) in [5.41, 5.74) is 0. The summed E-state index contributed by atoms with van der Waals surface area (Å²) in [4.78, 5) is 37.8. The van der Waals surface area contributed by atoms with Crippen LogP contribution in [0.25, 0.3) is 0 Å². The third-order valence-corrected chi connectivity index (χ3v) is 12.7. The Morgan fingerprint density at radius 3 is 1.25 bits per heavy atom. The van der Waals surface area contributed by atoms with E-state index >= 15 is 0 Å². The molecule has 0 saturated heterocycles. The van der Waals surface area contributed by atoms with Gasteiger partial charge in [0.25, 0.3) is 7.82 Å². The first kappa shape index (κ1) is 65.5. The molecule has 2 atom stereocenters. The Balaban J connectivity index is 4.22. The molecule has 0 rings (SSSR count). The zero-order valence-corrected chi connectivity index (χ0v) is 45.4. The molecule has 0 aliphatic heterocycles. The van der Waals surface area contributed by atoms with Crippen molar-refractivity contribution < 1.29 is 42.1 Å². The van der Waals surface area contributed by atoms with Crippen molar-refractivity contribution in [3.8, 4) is 0 Å². The van der Waals surface area contributed by atoms with Crippen LogP contribution in [0, 0.1) is 0 Å². The summed E-state index contributed by atoms with van der Waals surface area (Å²) >= 11 is 0. The Morgan fingerprint density at radius 2 is 0.838 bits per heavy atom. The minimum absolute atomic E-state index is 0.0357. The Kier molecular flexibility index (Phi) is 47.6. The fourth-order valence-corrected chi connectivity index (χ4v) is 8.17. The molecule has 0 spiro atoms. The predicted molar refractivity (Wildman–Crippen MR) is 286 cm³/mol. The van der Waals surface area contributed by atoms with Gasteiger partial charge in [-0.15, -0.1) is 0 Å². The molecule has 0 fully saturated rings. The summed E-state index contributed by atoms with van der Waals surface area (Å²) in [7, 11) is 1.15. The van der Waals surface area contributed by atoms with E-state index in [1.54, 1.807) is 0 Å². The van der Waals surface area contributed by atoms with Crippen LogP contribution in [0.4, 0.5) is 0 Å². The first-order chi connectivity index (χ1) is 33.0. The molecule has 68 heavy (non-hydrogen) atoms. The lowest BCUT2D eigenvalue weighted by Crippen LogP contribution is -2.37. The maximum Gasteiger partial charge on any atom is 0.306 e. The molecule has 0 saturated carbocycles. The fourth-order valence-electron chi connectivity index (χ4n) is 7.44. The van der Waals surface area contributed by atoms with Gasteiger partial charge in [0.1, 0.15) is 19.8 Å². The lowest BCUT2D eigenvalue weighted by Gasteiger charge is -2.28. The van der Waals surface area contributed by atoms with Crippen molar-refractivity contribution >= 4 is 19.8 Å². The van der Waals surface area contributed by atoms with Gasteiger partial charge in [0.15, 0.2) is 6.10 Å². The molecule has 0 amide bonds. The number of esters is 2. The first-order valence-corrected chi connectivity index (χ1v) is 29.1. The standard InChI is InChI=1S/C58H104NO8P/c1-6-8-10-12-14-16-18-20-22-24-26-28-29-31-32-34-36-38-40-42-44-46-48-50-57(60)64-54-56(55-66-68(62,63)65-53-52-59(3,4)5)67-58(61)51-49-47-45-43-41-39-37-35-33-30-27-25-23-21-19-17-15-13-11-9-7-2/h9,11,15,17-18,20-21,23-24,26-27,30,56H,6-8,10,12-14,16,19,22,25,28-29,31-55H2,1-5H3/b11-9-,17-15-,20-18-,23-21-,26-24-,30-27-. The van der Waals surface area contributed by atoms with Crippen molar-refractivity contribution in [2.75, 3.05) is 47.5 Å². The highest BCUT2D eigenvalue weighted by Crippen LogP contribution is 2.38. The van der Waals surface area contributed by atoms with Crippen molar-refractivity contribution in [2.45, 2.75) is 238 Å². The summed E-state index contributed by atoms with van der Waals surface area (Å²) in [6, 6.07) is 0. The van der Waals surface area contributed by atoms with Crippen molar-refractivity contribution in [3.05, 3.63) is 72.9 Å². The van der Waals surface area contributed by atoms with Gasteiger partial charge in [-0.2, -0.15) is 0 Å². The Morgan fingerprint density at radius 1 is 0.471 bits per heavy atom. The van der Waals surface area contributed by atoms with Gasteiger partial charge in [0.05, 0.1) is 27.7 Å². The second kappa shape index (κ2) is 49.4. The smallest absolute Gasteiger partial charge is 0.306 e. The Hall–Kier alpha value is -2.55. The van der Waals surface area contributed by atoms with Gasteiger partial charge in [-0.05, 0) is 83.5 Å². The zero-order chi connectivity index (χ0) is 49.9. The van der Waals surface area contributed by atoms with E-state index in [0.717, 1.165) is 77.0 Å². The maximum absolute atomic E-state index is 12.8. The summed E-state index contributed by atoms with van der Waals surface area (Å²) in [5, 5.41) is 0. The van der Waals surface area contributed by atoms with Crippen molar-refractivity contribution in [1.82, 2.24) is 0 Å².